The molecule has 0 heterocycles. The molecule has 2 rings (SSSR count). The van der Waals surface area contributed by atoms with Crippen molar-refractivity contribution < 1.29 is 9.53 Å². The van der Waals surface area contributed by atoms with Gasteiger partial charge in [-0.15, -0.1) is 0 Å². The van der Waals surface area contributed by atoms with Crippen molar-refractivity contribution >= 4 is 5.97 Å². The lowest BCUT2D eigenvalue weighted by Gasteiger charge is -2.25. The van der Waals surface area contributed by atoms with Gasteiger partial charge in [-0.2, -0.15) is 0 Å². The van der Waals surface area contributed by atoms with Crippen molar-refractivity contribution in [3.8, 4) is 0 Å². The fourth-order valence-electron chi connectivity index (χ4n) is 2.80. The number of ether oxygens (including phenoxy) is 1. The van der Waals surface area contributed by atoms with E-state index in [4.69, 9.17) is 4.74 Å². The Morgan fingerprint density at radius 3 is 2.52 bits per heavy atom. The monoisotopic (exact) mass is 286 g/mol. The molecule has 0 N–H and O–H groups in total. The van der Waals surface area contributed by atoms with Crippen LogP contribution in [0.5, 0.6) is 0 Å². The third kappa shape index (κ3) is 5.04. The third-order valence-electron chi connectivity index (χ3n) is 3.78. The highest BCUT2D eigenvalue weighted by Gasteiger charge is 2.28. The Morgan fingerprint density at radius 2 is 1.95 bits per heavy atom. The van der Waals surface area contributed by atoms with Crippen LogP contribution in [0.4, 0.5) is 0 Å². The van der Waals surface area contributed by atoms with Crippen LogP contribution in [-0.4, -0.2) is 11.6 Å². The zero-order valence-corrected chi connectivity index (χ0v) is 13.4. The number of carbonyl (C=O) groups is 1. The average Bonchev–Trinajstić information content (AvgIpc) is 2.92. The van der Waals surface area contributed by atoms with Crippen molar-refractivity contribution in [3.63, 3.8) is 0 Å². The van der Waals surface area contributed by atoms with Gasteiger partial charge in [0.05, 0.1) is 5.92 Å². The molecule has 0 bridgehead atoms. The Kier molecular flexibility index (Phi) is 5.22. The van der Waals surface area contributed by atoms with Gasteiger partial charge in [0, 0.05) is 0 Å². The zero-order valence-electron chi connectivity index (χ0n) is 13.4. The molecule has 1 aliphatic rings. The number of carbonyl (C=O) groups excluding carboxylic acids is 1. The fourth-order valence-corrected chi connectivity index (χ4v) is 2.80. The highest BCUT2D eigenvalue weighted by atomic mass is 16.6. The maximum atomic E-state index is 12.5. The first-order valence-electron chi connectivity index (χ1n) is 7.91. The molecule has 114 valence electrons. The van der Waals surface area contributed by atoms with E-state index in [9.17, 15) is 4.79 Å². The number of allylic oxidation sites excluding steroid dienone is 1. The van der Waals surface area contributed by atoms with Crippen LogP contribution in [0.2, 0.25) is 0 Å². The smallest absolute Gasteiger partial charge is 0.313 e. The molecule has 0 saturated heterocycles. The number of aryl methyl sites for hydroxylation is 1. The minimum Gasteiger partial charge on any atom is -0.460 e. The van der Waals surface area contributed by atoms with E-state index in [0.717, 1.165) is 25.7 Å². The molecule has 0 aliphatic heterocycles. The molecule has 0 spiro atoms. The molecule has 1 aromatic carbocycles. The van der Waals surface area contributed by atoms with Crippen molar-refractivity contribution in [2.45, 2.75) is 58.5 Å². The second-order valence-electron chi connectivity index (χ2n) is 6.78. The van der Waals surface area contributed by atoms with Crippen LogP contribution in [0, 0.1) is 5.92 Å². The maximum absolute atomic E-state index is 12.5. The van der Waals surface area contributed by atoms with Gasteiger partial charge in [0.2, 0.25) is 0 Å². The summed E-state index contributed by atoms with van der Waals surface area (Å²) in [4.78, 5) is 12.5. The second kappa shape index (κ2) is 6.93. The Hall–Kier alpha value is -1.57. The van der Waals surface area contributed by atoms with Gasteiger partial charge in [-0.1, -0.05) is 42.0 Å². The number of rotatable bonds is 5. The summed E-state index contributed by atoms with van der Waals surface area (Å²) in [7, 11) is 0. The molecule has 1 atom stereocenters. The molecule has 21 heavy (non-hydrogen) atoms. The predicted octanol–water partition coefficient (Wildman–Crippen LogP) is 4.69. The van der Waals surface area contributed by atoms with Crippen LogP contribution in [0.25, 0.3) is 0 Å². The quantitative estimate of drug-likeness (QED) is 0.580. The van der Waals surface area contributed by atoms with E-state index >= 15 is 0 Å². The lowest BCUT2D eigenvalue weighted by Crippen LogP contribution is -2.29. The standard InChI is InChI=1S/C19H26O2/c1-19(2,3)21-18(20)17(16-11-7-8-12-16)14-13-15-9-5-4-6-10-15/h4-6,9-11,17H,7-8,12-14H2,1-3H3. The first-order chi connectivity index (χ1) is 9.96. The number of hydrogen-bond acceptors (Lipinski definition) is 2. The molecule has 1 aliphatic carbocycles. The van der Waals surface area contributed by atoms with E-state index in [1.54, 1.807) is 0 Å². The fraction of sp³-hybridized carbons (Fsp3) is 0.526. The first kappa shape index (κ1) is 15.8. The van der Waals surface area contributed by atoms with Crippen LogP contribution in [0.3, 0.4) is 0 Å². The van der Waals surface area contributed by atoms with E-state index in [1.807, 2.05) is 39.0 Å². The molecule has 1 aromatic rings. The summed E-state index contributed by atoms with van der Waals surface area (Å²) in [6, 6.07) is 10.4. The van der Waals surface area contributed by atoms with Gasteiger partial charge < -0.3 is 4.74 Å². The SMILES string of the molecule is CC(C)(C)OC(=O)C(CCc1ccccc1)C1=CCCC1. The number of hydrogen-bond donors (Lipinski definition) is 0. The topological polar surface area (TPSA) is 26.3 Å². The normalized spacial score (nSPS) is 16.4. The van der Waals surface area contributed by atoms with Gasteiger partial charge in [-0.25, -0.2) is 0 Å². The Labute approximate surface area is 128 Å². The van der Waals surface area contributed by atoms with Crippen LogP contribution < -0.4 is 0 Å². The molecule has 0 amide bonds. The van der Waals surface area contributed by atoms with E-state index in [-0.39, 0.29) is 11.9 Å². The first-order valence-corrected chi connectivity index (χ1v) is 7.91. The third-order valence-corrected chi connectivity index (χ3v) is 3.78. The van der Waals surface area contributed by atoms with Crippen molar-refractivity contribution in [2.24, 2.45) is 5.92 Å². The molecule has 2 nitrogen and oxygen atoms in total. The molecular formula is C19H26O2. The summed E-state index contributed by atoms with van der Waals surface area (Å²) in [5.41, 5.74) is 2.14. The number of benzene rings is 1. The van der Waals surface area contributed by atoms with Crippen molar-refractivity contribution in [1.29, 1.82) is 0 Å². The molecule has 0 aromatic heterocycles. The highest BCUT2D eigenvalue weighted by molar-refractivity contribution is 5.76. The molecule has 0 fully saturated rings. The lowest BCUT2D eigenvalue weighted by molar-refractivity contribution is -0.158. The molecular weight excluding hydrogens is 260 g/mol. The Morgan fingerprint density at radius 1 is 1.24 bits per heavy atom. The van der Waals surface area contributed by atoms with Crippen LogP contribution in [0.1, 0.15) is 52.0 Å². The number of esters is 1. The van der Waals surface area contributed by atoms with Crippen LogP contribution >= 0.6 is 0 Å². The van der Waals surface area contributed by atoms with Gasteiger partial charge in [-0.05, 0) is 58.4 Å². The molecule has 2 heteroatoms. The average molecular weight is 286 g/mol. The highest BCUT2D eigenvalue weighted by Crippen LogP contribution is 2.30. The molecule has 0 radical (unpaired) electrons. The van der Waals surface area contributed by atoms with Gasteiger partial charge in [0.15, 0.2) is 0 Å². The van der Waals surface area contributed by atoms with Gasteiger partial charge >= 0.3 is 5.97 Å². The van der Waals surface area contributed by atoms with Gasteiger partial charge in [0.1, 0.15) is 5.60 Å². The van der Waals surface area contributed by atoms with Gasteiger partial charge in [0.25, 0.3) is 0 Å². The van der Waals surface area contributed by atoms with Crippen molar-refractivity contribution in [1.82, 2.24) is 0 Å². The summed E-state index contributed by atoms with van der Waals surface area (Å²) in [5, 5.41) is 0. The lowest BCUT2D eigenvalue weighted by atomic mass is 9.91. The zero-order chi connectivity index (χ0) is 15.3. The largest absolute Gasteiger partial charge is 0.460 e. The van der Waals surface area contributed by atoms with Crippen molar-refractivity contribution in [3.05, 3.63) is 47.5 Å². The summed E-state index contributed by atoms with van der Waals surface area (Å²) in [6.07, 6.45) is 7.30. The summed E-state index contributed by atoms with van der Waals surface area (Å²) in [6.45, 7) is 5.80. The minimum absolute atomic E-state index is 0.0634. The second-order valence-corrected chi connectivity index (χ2v) is 6.78. The molecule has 0 saturated carbocycles. The maximum Gasteiger partial charge on any atom is 0.313 e. The predicted molar refractivity (Wildman–Crippen MR) is 86.0 cm³/mol. The van der Waals surface area contributed by atoms with Crippen LogP contribution in [-0.2, 0) is 16.0 Å². The summed E-state index contributed by atoms with van der Waals surface area (Å²) < 4.78 is 5.62. The Bertz CT molecular complexity index is 494. The van der Waals surface area contributed by atoms with E-state index in [2.05, 4.69) is 18.2 Å². The van der Waals surface area contributed by atoms with Crippen LogP contribution in [0.15, 0.2) is 42.0 Å². The summed E-state index contributed by atoms with van der Waals surface area (Å²) in [5.74, 6) is -0.140. The van der Waals surface area contributed by atoms with E-state index < -0.39 is 5.60 Å². The summed E-state index contributed by atoms with van der Waals surface area (Å²) >= 11 is 0. The van der Waals surface area contributed by atoms with E-state index in [0.29, 0.717) is 0 Å². The van der Waals surface area contributed by atoms with Gasteiger partial charge in [-0.3, -0.25) is 4.79 Å². The minimum atomic E-state index is -0.415. The Balaban J connectivity index is 2.04. The van der Waals surface area contributed by atoms with E-state index in [1.165, 1.54) is 17.6 Å². The van der Waals surface area contributed by atoms with Crippen molar-refractivity contribution in [2.75, 3.05) is 0 Å². The molecule has 1 unspecified atom stereocenters.